The summed E-state index contributed by atoms with van der Waals surface area (Å²) in [6.07, 6.45) is 16.9. The number of carbonyl (C=O) groups excluding carboxylic acids is 1. The first-order valence-electron chi connectivity index (χ1n) is 11.6. The third-order valence-corrected chi connectivity index (χ3v) is 6.56. The monoisotopic (exact) mass is 430 g/mol. The number of hydrogen-bond acceptors (Lipinski definition) is 6. The fourth-order valence-corrected chi connectivity index (χ4v) is 4.59. The van der Waals surface area contributed by atoms with E-state index in [2.05, 4.69) is 6.92 Å². The van der Waals surface area contributed by atoms with E-state index in [4.69, 9.17) is 9.47 Å². The van der Waals surface area contributed by atoms with Crippen LogP contribution in [0.4, 0.5) is 0 Å². The van der Waals surface area contributed by atoms with Gasteiger partial charge in [-0.25, -0.2) is 4.79 Å². The van der Waals surface area contributed by atoms with Crippen LogP contribution in [0.5, 0.6) is 0 Å². The second-order valence-electron chi connectivity index (χ2n) is 7.98. The Bertz CT molecular complexity index is 466. The van der Waals surface area contributed by atoms with Gasteiger partial charge in [-0.1, -0.05) is 90.4 Å². The van der Waals surface area contributed by atoms with Crippen LogP contribution < -0.4 is 0 Å². The minimum atomic E-state index is -0.999. The first-order valence-corrected chi connectivity index (χ1v) is 12.7. The van der Waals surface area contributed by atoms with E-state index in [1.165, 1.54) is 90.6 Å². The van der Waals surface area contributed by atoms with Crippen molar-refractivity contribution in [3.05, 3.63) is 11.5 Å². The van der Waals surface area contributed by atoms with Crippen molar-refractivity contribution in [2.45, 2.75) is 109 Å². The number of unbranched alkanes of at least 4 members (excludes halogenated alkanes) is 13. The first-order chi connectivity index (χ1) is 14.1. The smallest absolute Gasteiger partial charge is 0.378 e. The van der Waals surface area contributed by atoms with E-state index >= 15 is 0 Å². The summed E-state index contributed by atoms with van der Waals surface area (Å²) in [5, 5.41) is 20.0. The van der Waals surface area contributed by atoms with E-state index in [-0.39, 0.29) is 11.5 Å². The Morgan fingerprint density at radius 2 is 1.41 bits per heavy atom. The first kappa shape index (κ1) is 26.2. The number of carbonyl (C=O) groups is 1. The maximum Gasteiger partial charge on any atom is 0.378 e. The number of esters is 1. The van der Waals surface area contributed by atoms with E-state index < -0.39 is 18.2 Å². The Labute approximate surface area is 181 Å². The van der Waals surface area contributed by atoms with Crippen LogP contribution in [0, 0.1) is 0 Å². The van der Waals surface area contributed by atoms with Gasteiger partial charge >= 0.3 is 5.97 Å². The standard InChI is InChI=1S/C23H42O5S/c1-3-4-5-6-7-8-9-10-11-12-13-14-15-16-17-29-18-19(24)21-20(25)22(27-2)23(26)28-21/h19,21,24-25H,3-18H2,1-2H3. The van der Waals surface area contributed by atoms with Crippen LogP contribution in [0.2, 0.25) is 0 Å². The summed E-state index contributed by atoms with van der Waals surface area (Å²) in [7, 11) is 1.30. The Morgan fingerprint density at radius 1 is 0.931 bits per heavy atom. The molecule has 0 aromatic heterocycles. The third-order valence-electron chi connectivity index (χ3n) is 5.41. The minimum absolute atomic E-state index is 0.203. The molecule has 0 aromatic rings. The molecule has 0 aromatic carbocycles. The van der Waals surface area contributed by atoms with Crippen molar-refractivity contribution < 1.29 is 24.5 Å². The lowest BCUT2D eigenvalue weighted by Crippen LogP contribution is -2.30. The molecule has 1 heterocycles. The van der Waals surface area contributed by atoms with Crippen LogP contribution in [-0.4, -0.2) is 47.0 Å². The van der Waals surface area contributed by atoms with Gasteiger partial charge in [-0.3, -0.25) is 0 Å². The van der Waals surface area contributed by atoms with Crippen LogP contribution in [0.25, 0.3) is 0 Å². The zero-order valence-electron chi connectivity index (χ0n) is 18.5. The molecule has 170 valence electrons. The molecule has 1 aliphatic rings. The molecule has 0 fully saturated rings. The molecule has 0 amide bonds. The number of aliphatic hydroxyl groups excluding tert-OH is 2. The highest BCUT2D eigenvalue weighted by molar-refractivity contribution is 7.99. The van der Waals surface area contributed by atoms with Gasteiger partial charge in [-0.2, -0.15) is 11.8 Å². The van der Waals surface area contributed by atoms with Gasteiger partial charge in [0, 0.05) is 5.75 Å². The van der Waals surface area contributed by atoms with Gasteiger partial charge in [0.05, 0.1) is 7.11 Å². The van der Waals surface area contributed by atoms with E-state index in [1.54, 1.807) is 11.8 Å². The lowest BCUT2D eigenvalue weighted by molar-refractivity contribution is -0.146. The highest BCUT2D eigenvalue weighted by Gasteiger charge is 2.39. The van der Waals surface area contributed by atoms with Gasteiger partial charge in [0.1, 0.15) is 6.10 Å². The van der Waals surface area contributed by atoms with Crippen molar-refractivity contribution >= 4 is 17.7 Å². The molecule has 2 atom stereocenters. The maximum atomic E-state index is 11.5. The van der Waals surface area contributed by atoms with Crippen LogP contribution in [0.1, 0.15) is 96.8 Å². The van der Waals surface area contributed by atoms with Crippen LogP contribution in [0.3, 0.4) is 0 Å². The molecule has 0 saturated heterocycles. The average molecular weight is 431 g/mol. The number of aliphatic hydroxyl groups is 2. The molecule has 0 aliphatic carbocycles. The van der Waals surface area contributed by atoms with Crippen molar-refractivity contribution in [1.82, 2.24) is 0 Å². The van der Waals surface area contributed by atoms with Gasteiger partial charge in [-0.05, 0) is 12.2 Å². The lowest BCUT2D eigenvalue weighted by Gasteiger charge is -2.16. The average Bonchev–Trinajstić information content (AvgIpc) is 3.00. The van der Waals surface area contributed by atoms with Crippen LogP contribution in [0.15, 0.2) is 11.5 Å². The van der Waals surface area contributed by atoms with E-state index in [0.29, 0.717) is 5.75 Å². The topological polar surface area (TPSA) is 76.0 Å². The Balaban J connectivity index is 1.87. The predicted molar refractivity (Wildman–Crippen MR) is 120 cm³/mol. The number of hydrogen-bond donors (Lipinski definition) is 2. The molecule has 0 saturated carbocycles. The summed E-state index contributed by atoms with van der Waals surface area (Å²) in [4.78, 5) is 11.5. The fraction of sp³-hybridized carbons (Fsp3) is 0.870. The lowest BCUT2D eigenvalue weighted by atomic mass is 10.0. The number of cyclic esters (lactones) is 1. The Morgan fingerprint density at radius 3 is 1.86 bits per heavy atom. The zero-order valence-corrected chi connectivity index (χ0v) is 19.3. The molecule has 1 aliphatic heterocycles. The minimum Gasteiger partial charge on any atom is -0.505 e. The number of methoxy groups -OCH3 is 1. The van der Waals surface area contributed by atoms with Crippen LogP contribution in [-0.2, 0) is 14.3 Å². The number of rotatable bonds is 19. The molecule has 0 spiro atoms. The summed E-state index contributed by atoms with van der Waals surface area (Å²) < 4.78 is 9.76. The summed E-state index contributed by atoms with van der Waals surface area (Å²) in [6, 6.07) is 0. The van der Waals surface area contributed by atoms with Gasteiger partial charge < -0.3 is 19.7 Å². The van der Waals surface area contributed by atoms with Crippen molar-refractivity contribution in [2.24, 2.45) is 0 Å². The van der Waals surface area contributed by atoms with E-state index in [1.807, 2.05) is 0 Å². The van der Waals surface area contributed by atoms with E-state index in [0.717, 1.165) is 12.2 Å². The molecule has 6 heteroatoms. The van der Waals surface area contributed by atoms with Gasteiger partial charge in [0.15, 0.2) is 11.9 Å². The summed E-state index contributed by atoms with van der Waals surface area (Å²) in [5.41, 5.74) is 0. The highest BCUT2D eigenvalue weighted by atomic mass is 32.2. The molecule has 2 unspecified atom stereocenters. The van der Waals surface area contributed by atoms with Gasteiger partial charge in [0.2, 0.25) is 5.76 Å². The molecular weight excluding hydrogens is 388 g/mol. The summed E-state index contributed by atoms with van der Waals surface area (Å²) in [5.74, 6) is 0.175. The fourth-order valence-electron chi connectivity index (χ4n) is 3.60. The second kappa shape index (κ2) is 16.9. The van der Waals surface area contributed by atoms with Gasteiger partial charge in [0.25, 0.3) is 0 Å². The highest BCUT2D eigenvalue weighted by Crippen LogP contribution is 2.25. The van der Waals surface area contributed by atoms with E-state index in [9.17, 15) is 15.0 Å². The second-order valence-corrected chi connectivity index (χ2v) is 9.13. The molecule has 29 heavy (non-hydrogen) atoms. The predicted octanol–water partition coefficient (Wildman–Crippen LogP) is 5.90. The van der Waals surface area contributed by atoms with Gasteiger partial charge in [-0.15, -0.1) is 0 Å². The molecule has 5 nitrogen and oxygen atoms in total. The molecule has 2 N–H and O–H groups in total. The summed E-state index contributed by atoms with van der Waals surface area (Å²) in [6.45, 7) is 2.27. The van der Waals surface area contributed by atoms with Crippen molar-refractivity contribution in [3.63, 3.8) is 0 Å². The zero-order chi connectivity index (χ0) is 21.3. The SMILES string of the molecule is CCCCCCCCCCCCCCCCSCC(O)C1OC(=O)C(OC)=C1O. The van der Waals surface area contributed by atoms with Crippen molar-refractivity contribution in [1.29, 1.82) is 0 Å². The largest absolute Gasteiger partial charge is 0.505 e. The number of thioether (sulfide) groups is 1. The quantitative estimate of drug-likeness (QED) is 0.196. The van der Waals surface area contributed by atoms with Crippen molar-refractivity contribution in [3.8, 4) is 0 Å². The summed E-state index contributed by atoms with van der Waals surface area (Å²) >= 11 is 1.63. The Kier molecular flexibility index (Phi) is 15.2. The number of ether oxygens (including phenoxy) is 2. The maximum absolute atomic E-state index is 11.5. The molecule has 1 rings (SSSR count). The molecule has 0 bridgehead atoms. The van der Waals surface area contributed by atoms with Crippen LogP contribution >= 0.6 is 11.8 Å². The van der Waals surface area contributed by atoms with Crippen molar-refractivity contribution in [2.75, 3.05) is 18.6 Å². The third kappa shape index (κ3) is 11.2. The normalized spacial score (nSPS) is 17.6. The molecular formula is C23H42O5S. The molecule has 0 radical (unpaired) electrons. The Hall–Kier alpha value is -0.880.